The first-order chi connectivity index (χ1) is 9.38. The Bertz CT molecular complexity index is 217. The first kappa shape index (κ1) is 19.9. The fraction of sp³-hybridized carbons (Fsp3) is 1.00. The van der Waals surface area contributed by atoms with Gasteiger partial charge in [0.2, 0.25) is 0 Å². The molecule has 0 bridgehead atoms. The normalized spacial score (nSPS) is 14.2. The van der Waals surface area contributed by atoms with Crippen LogP contribution in [0.2, 0.25) is 0 Å². The predicted molar refractivity (Wildman–Crippen MR) is 88.1 cm³/mol. The van der Waals surface area contributed by atoms with Crippen molar-refractivity contribution < 1.29 is 9.47 Å². The molecule has 0 aliphatic heterocycles. The van der Waals surface area contributed by atoms with E-state index in [-0.39, 0.29) is 5.41 Å². The summed E-state index contributed by atoms with van der Waals surface area (Å²) in [5.41, 5.74) is 0.176. The van der Waals surface area contributed by atoms with E-state index in [1.807, 2.05) is 0 Å². The molecule has 0 saturated carbocycles. The molecule has 122 valence electrons. The molecule has 1 atom stereocenters. The summed E-state index contributed by atoms with van der Waals surface area (Å²) in [6, 6.07) is 0. The Kier molecular flexibility index (Phi) is 10.6. The molecule has 20 heavy (non-hydrogen) atoms. The predicted octanol–water partition coefficient (Wildman–Crippen LogP) is 5.16. The van der Waals surface area contributed by atoms with Crippen LogP contribution >= 0.6 is 0 Å². The molecule has 0 spiro atoms. The zero-order valence-electron chi connectivity index (χ0n) is 15.0. The second kappa shape index (κ2) is 10.6. The van der Waals surface area contributed by atoms with Gasteiger partial charge in [-0.1, -0.05) is 60.3 Å². The zero-order valence-corrected chi connectivity index (χ0v) is 15.0. The van der Waals surface area contributed by atoms with E-state index in [9.17, 15) is 0 Å². The van der Waals surface area contributed by atoms with Crippen molar-refractivity contribution in [3.63, 3.8) is 0 Å². The van der Waals surface area contributed by atoms with Gasteiger partial charge in [0.05, 0.1) is 13.2 Å². The maximum absolute atomic E-state index is 5.49. The van der Waals surface area contributed by atoms with Crippen molar-refractivity contribution in [2.24, 2.45) is 23.2 Å². The van der Waals surface area contributed by atoms with Crippen molar-refractivity contribution in [1.29, 1.82) is 0 Å². The van der Waals surface area contributed by atoms with E-state index in [2.05, 4.69) is 34.6 Å². The highest BCUT2D eigenvalue weighted by Crippen LogP contribution is 2.35. The molecule has 0 radical (unpaired) electrons. The van der Waals surface area contributed by atoms with Crippen LogP contribution in [0.15, 0.2) is 0 Å². The Hall–Kier alpha value is -0.0800. The maximum Gasteiger partial charge on any atom is 0.0543 e. The van der Waals surface area contributed by atoms with Gasteiger partial charge in [-0.25, -0.2) is 0 Å². The minimum atomic E-state index is 0.176. The lowest BCUT2D eigenvalue weighted by Gasteiger charge is -2.37. The first-order valence-corrected chi connectivity index (χ1v) is 8.35. The van der Waals surface area contributed by atoms with Crippen molar-refractivity contribution in [2.45, 2.75) is 66.7 Å². The van der Waals surface area contributed by atoms with E-state index in [0.717, 1.165) is 25.0 Å². The summed E-state index contributed by atoms with van der Waals surface area (Å²) in [6.07, 6.45) is 6.56. The van der Waals surface area contributed by atoms with Gasteiger partial charge in [-0.05, 0) is 24.2 Å². The minimum Gasteiger partial charge on any atom is -0.384 e. The van der Waals surface area contributed by atoms with Crippen LogP contribution in [-0.4, -0.2) is 27.4 Å². The Labute approximate surface area is 127 Å². The van der Waals surface area contributed by atoms with Crippen molar-refractivity contribution in [1.82, 2.24) is 0 Å². The number of hydrogen-bond acceptors (Lipinski definition) is 2. The molecule has 2 heteroatoms. The van der Waals surface area contributed by atoms with Crippen molar-refractivity contribution in [3.8, 4) is 0 Å². The summed E-state index contributed by atoms with van der Waals surface area (Å²) in [5, 5.41) is 0. The molecule has 0 saturated heterocycles. The first-order valence-electron chi connectivity index (χ1n) is 8.35. The molecule has 0 aliphatic rings. The topological polar surface area (TPSA) is 18.5 Å². The van der Waals surface area contributed by atoms with E-state index < -0.39 is 0 Å². The number of rotatable bonds is 12. The molecule has 0 fully saturated rings. The Morgan fingerprint density at radius 2 is 1.35 bits per heavy atom. The van der Waals surface area contributed by atoms with E-state index in [1.165, 1.54) is 32.1 Å². The molecule has 0 aliphatic carbocycles. The standard InChI is InChI=1S/C18H38O2/c1-15(2)9-8-10-17(5)11-12-18(13-19-6,14-20-7)16(3)4/h15-17H,8-14H2,1-7H3. The van der Waals surface area contributed by atoms with Crippen LogP contribution in [-0.2, 0) is 9.47 Å². The molecular weight excluding hydrogens is 248 g/mol. The average Bonchev–Trinajstić information content (AvgIpc) is 2.35. The van der Waals surface area contributed by atoms with Crippen LogP contribution < -0.4 is 0 Å². The van der Waals surface area contributed by atoms with Gasteiger partial charge in [0.25, 0.3) is 0 Å². The molecular formula is C18H38O2. The van der Waals surface area contributed by atoms with E-state index >= 15 is 0 Å². The zero-order chi connectivity index (χ0) is 15.6. The van der Waals surface area contributed by atoms with Gasteiger partial charge in [0.1, 0.15) is 0 Å². The van der Waals surface area contributed by atoms with Gasteiger partial charge < -0.3 is 9.47 Å². The summed E-state index contributed by atoms with van der Waals surface area (Å²) in [7, 11) is 3.61. The average molecular weight is 286 g/mol. The fourth-order valence-electron chi connectivity index (χ4n) is 2.94. The molecule has 0 aromatic heterocycles. The largest absolute Gasteiger partial charge is 0.384 e. The van der Waals surface area contributed by atoms with Gasteiger partial charge in [-0.3, -0.25) is 0 Å². The molecule has 0 amide bonds. The third kappa shape index (κ3) is 7.64. The third-order valence-electron chi connectivity index (χ3n) is 4.70. The van der Waals surface area contributed by atoms with E-state index in [1.54, 1.807) is 14.2 Å². The summed E-state index contributed by atoms with van der Waals surface area (Å²) in [4.78, 5) is 0. The van der Waals surface area contributed by atoms with E-state index in [4.69, 9.17) is 9.47 Å². The summed E-state index contributed by atoms with van der Waals surface area (Å²) < 4.78 is 11.0. The summed E-state index contributed by atoms with van der Waals surface area (Å²) >= 11 is 0. The summed E-state index contributed by atoms with van der Waals surface area (Å²) in [6.45, 7) is 13.2. The fourth-order valence-corrected chi connectivity index (χ4v) is 2.94. The van der Waals surface area contributed by atoms with Crippen LogP contribution in [0.25, 0.3) is 0 Å². The quantitative estimate of drug-likeness (QED) is 0.493. The molecule has 2 nitrogen and oxygen atoms in total. The molecule has 1 unspecified atom stereocenters. The highest BCUT2D eigenvalue weighted by molar-refractivity contribution is 4.83. The highest BCUT2D eigenvalue weighted by atomic mass is 16.5. The second-order valence-corrected chi connectivity index (χ2v) is 7.35. The molecule has 0 rings (SSSR count). The molecule has 0 aromatic carbocycles. The Morgan fingerprint density at radius 1 is 0.800 bits per heavy atom. The molecule has 0 heterocycles. The smallest absolute Gasteiger partial charge is 0.0543 e. The number of ether oxygens (including phenoxy) is 2. The van der Waals surface area contributed by atoms with Gasteiger partial charge in [-0.2, -0.15) is 0 Å². The highest BCUT2D eigenvalue weighted by Gasteiger charge is 2.34. The van der Waals surface area contributed by atoms with Crippen molar-refractivity contribution in [3.05, 3.63) is 0 Å². The van der Waals surface area contributed by atoms with Crippen LogP contribution in [0.1, 0.15) is 66.7 Å². The minimum absolute atomic E-state index is 0.176. The van der Waals surface area contributed by atoms with Crippen LogP contribution in [0.3, 0.4) is 0 Å². The molecule has 0 aromatic rings. The summed E-state index contributed by atoms with van der Waals surface area (Å²) in [5.74, 6) is 2.23. The van der Waals surface area contributed by atoms with Crippen LogP contribution in [0.4, 0.5) is 0 Å². The Morgan fingerprint density at radius 3 is 1.75 bits per heavy atom. The van der Waals surface area contributed by atoms with Gasteiger partial charge in [0, 0.05) is 19.6 Å². The number of hydrogen-bond donors (Lipinski definition) is 0. The second-order valence-electron chi connectivity index (χ2n) is 7.35. The van der Waals surface area contributed by atoms with Crippen molar-refractivity contribution >= 4 is 0 Å². The Balaban J connectivity index is 4.29. The maximum atomic E-state index is 5.49. The van der Waals surface area contributed by atoms with Crippen LogP contribution in [0.5, 0.6) is 0 Å². The number of methoxy groups -OCH3 is 2. The van der Waals surface area contributed by atoms with Gasteiger partial charge >= 0.3 is 0 Å². The SMILES string of the molecule is COCC(CCC(C)CCCC(C)C)(COC)C(C)C. The third-order valence-corrected chi connectivity index (χ3v) is 4.70. The molecule has 0 N–H and O–H groups in total. The van der Waals surface area contributed by atoms with E-state index in [0.29, 0.717) is 5.92 Å². The van der Waals surface area contributed by atoms with Crippen molar-refractivity contribution in [2.75, 3.05) is 27.4 Å². The lowest BCUT2D eigenvalue weighted by atomic mass is 9.73. The lowest BCUT2D eigenvalue weighted by molar-refractivity contribution is -0.0296. The monoisotopic (exact) mass is 286 g/mol. The lowest BCUT2D eigenvalue weighted by Crippen LogP contribution is -2.37. The van der Waals surface area contributed by atoms with Crippen LogP contribution in [0, 0.1) is 23.2 Å². The van der Waals surface area contributed by atoms with Gasteiger partial charge in [-0.15, -0.1) is 0 Å². The van der Waals surface area contributed by atoms with Gasteiger partial charge in [0.15, 0.2) is 0 Å².